The highest BCUT2D eigenvalue weighted by Crippen LogP contribution is 2.44. The van der Waals surface area contributed by atoms with Crippen molar-refractivity contribution < 1.29 is 5.11 Å². The summed E-state index contributed by atoms with van der Waals surface area (Å²) in [5.41, 5.74) is -0.345. The van der Waals surface area contributed by atoms with Gasteiger partial charge in [0.05, 0.1) is 5.60 Å². The van der Waals surface area contributed by atoms with E-state index in [2.05, 4.69) is 11.8 Å². The molecule has 1 N–H and O–H groups in total. The predicted octanol–water partition coefficient (Wildman–Crippen LogP) is 2.55. The Bertz CT molecular complexity index is 257. The number of likely N-dealkylation sites (tertiary alicyclic amines) is 1. The zero-order chi connectivity index (χ0) is 11.2. The molecule has 0 spiro atoms. The van der Waals surface area contributed by atoms with Crippen LogP contribution in [0.4, 0.5) is 0 Å². The minimum atomic E-state index is -0.345. The summed E-state index contributed by atoms with van der Waals surface area (Å²) in [6, 6.07) is 1.42. The molecule has 0 radical (unpaired) electrons. The maximum absolute atomic E-state index is 10.9. The third-order valence-corrected chi connectivity index (χ3v) is 5.05. The lowest BCUT2D eigenvalue weighted by Gasteiger charge is -2.35. The lowest BCUT2D eigenvalue weighted by molar-refractivity contribution is -0.0242. The number of hydrogen-bond acceptors (Lipinski definition) is 2. The van der Waals surface area contributed by atoms with Crippen molar-refractivity contribution in [3.8, 4) is 0 Å². The average molecular weight is 223 g/mol. The molecule has 1 heterocycles. The molecule has 2 atom stereocenters. The van der Waals surface area contributed by atoms with Gasteiger partial charge in [-0.1, -0.05) is 19.3 Å². The maximum Gasteiger partial charge on any atom is 0.0817 e. The van der Waals surface area contributed by atoms with Crippen LogP contribution in [-0.2, 0) is 0 Å². The van der Waals surface area contributed by atoms with Crippen LogP contribution in [0.5, 0.6) is 0 Å². The molecule has 2 aliphatic carbocycles. The van der Waals surface area contributed by atoms with Gasteiger partial charge < -0.3 is 5.11 Å². The van der Waals surface area contributed by atoms with Gasteiger partial charge in [0.25, 0.3) is 0 Å². The molecule has 16 heavy (non-hydrogen) atoms. The van der Waals surface area contributed by atoms with E-state index in [4.69, 9.17) is 0 Å². The molecule has 2 nitrogen and oxygen atoms in total. The van der Waals surface area contributed by atoms with Crippen molar-refractivity contribution in [3.63, 3.8) is 0 Å². The van der Waals surface area contributed by atoms with Gasteiger partial charge in [0.15, 0.2) is 0 Å². The highest BCUT2D eigenvalue weighted by Gasteiger charge is 2.49. The van der Waals surface area contributed by atoms with Gasteiger partial charge >= 0.3 is 0 Å². The van der Waals surface area contributed by atoms with E-state index in [0.717, 1.165) is 19.0 Å². The minimum Gasteiger partial charge on any atom is -0.388 e. The van der Waals surface area contributed by atoms with Gasteiger partial charge in [-0.2, -0.15) is 0 Å². The Morgan fingerprint density at radius 3 is 2.38 bits per heavy atom. The number of hydrogen-bond donors (Lipinski definition) is 1. The van der Waals surface area contributed by atoms with Crippen LogP contribution in [0, 0.1) is 5.92 Å². The van der Waals surface area contributed by atoms with Gasteiger partial charge in [-0.3, -0.25) is 4.90 Å². The molecule has 92 valence electrons. The van der Waals surface area contributed by atoms with Crippen molar-refractivity contribution in [1.82, 2.24) is 4.90 Å². The Kier molecular flexibility index (Phi) is 2.75. The van der Waals surface area contributed by atoms with Crippen LogP contribution < -0.4 is 0 Å². The van der Waals surface area contributed by atoms with Crippen LogP contribution in [0.25, 0.3) is 0 Å². The SMILES string of the molecule is CC1CC(O)(C2CCCCC2)CN1C1CC1. The number of β-amino-alcohol motifs (C(OH)–C–C–N with tert-alkyl or cyclic N) is 1. The molecule has 1 aliphatic heterocycles. The molecule has 3 fully saturated rings. The third kappa shape index (κ3) is 1.91. The second kappa shape index (κ2) is 3.99. The fourth-order valence-corrected chi connectivity index (χ4v) is 4.00. The largest absolute Gasteiger partial charge is 0.388 e. The van der Waals surface area contributed by atoms with Crippen LogP contribution in [0.15, 0.2) is 0 Å². The topological polar surface area (TPSA) is 23.5 Å². The van der Waals surface area contributed by atoms with Crippen molar-refractivity contribution in [2.45, 2.75) is 76.0 Å². The summed E-state index contributed by atoms with van der Waals surface area (Å²) in [4.78, 5) is 2.58. The van der Waals surface area contributed by atoms with Crippen LogP contribution in [0.2, 0.25) is 0 Å². The summed E-state index contributed by atoms with van der Waals surface area (Å²) in [5.74, 6) is 0.590. The summed E-state index contributed by atoms with van der Waals surface area (Å²) in [6.45, 7) is 3.27. The minimum absolute atomic E-state index is 0.345. The standard InChI is InChI=1S/C14H25NO/c1-11-9-14(16,10-15(11)13-7-8-13)12-5-3-2-4-6-12/h11-13,16H,2-10H2,1H3. The molecular weight excluding hydrogens is 198 g/mol. The first-order valence-electron chi connectivity index (χ1n) is 7.17. The normalized spacial score (nSPS) is 42.8. The van der Waals surface area contributed by atoms with Gasteiger partial charge in [-0.05, 0) is 44.9 Å². The number of aliphatic hydroxyl groups is 1. The number of nitrogens with zero attached hydrogens (tertiary/aromatic N) is 1. The average Bonchev–Trinajstić information content (AvgIpc) is 3.07. The second-order valence-electron chi connectivity index (χ2n) is 6.40. The Morgan fingerprint density at radius 2 is 1.75 bits per heavy atom. The van der Waals surface area contributed by atoms with E-state index in [-0.39, 0.29) is 5.60 Å². The summed E-state index contributed by atoms with van der Waals surface area (Å²) >= 11 is 0. The summed E-state index contributed by atoms with van der Waals surface area (Å²) in [7, 11) is 0. The first kappa shape index (κ1) is 11.0. The Balaban J connectivity index is 1.68. The fraction of sp³-hybridized carbons (Fsp3) is 1.00. The summed E-state index contributed by atoms with van der Waals surface area (Å²) in [5, 5.41) is 10.9. The molecule has 0 aromatic rings. The van der Waals surface area contributed by atoms with E-state index in [1.54, 1.807) is 0 Å². The van der Waals surface area contributed by atoms with Gasteiger partial charge in [-0.25, -0.2) is 0 Å². The van der Waals surface area contributed by atoms with Gasteiger partial charge in [0.2, 0.25) is 0 Å². The number of rotatable bonds is 2. The van der Waals surface area contributed by atoms with Crippen molar-refractivity contribution in [1.29, 1.82) is 0 Å². The van der Waals surface area contributed by atoms with E-state index in [0.29, 0.717) is 12.0 Å². The zero-order valence-corrected chi connectivity index (χ0v) is 10.5. The van der Waals surface area contributed by atoms with Gasteiger partial charge in [0.1, 0.15) is 0 Å². The van der Waals surface area contributed by atoms with Crippen molar-refractivity contribution >= 4 is 0 Å². The smallest absolute Gasteiger partial charge is 0.0817 e. The molecule has 0 aromatic carbocycles. The van der Waals surface area contributed by atoms with Gasteiger partial charge in [0, 0.05) is 18.6 Å². The van der Waals surface area contributed by atoms with Crippen molar-refractivity contribution in [2.24, 2.45) is 5.92 Å². The predicted molar refractivity (Wildman–Crippen MR) is 65.3 cm³/mol. The Labute approximate surface area is 99.0 Å². The van der Waals surface area contributed by atoms with E-state index in [1.807, 2.05) is 0 Å². The van der Waals surface area contributed by atoms with Crippen LogP contribution in [0.1, 0.15) is 58.3 Å². The molecule has 3 rings (SSSR count). The highest BCUT2D eigenvalue weighted by atomic mass is 16.3. The first-order valence-corrected chi connectivity index (χ1v) is 7.17. The molecule has 2 unspecified atom stereocenters. The highest BCUT2D eigenvalue weighted by molar-refractivity contribution is 5.03. The molecule has 0 bridgehead atoms. The third-order valence-electron chi connectivity index (χ3n) is 5.05. The van der Waals surface area contributed by atoms with Crippen molar-refractivity contribution in [2.75, 3.05) is 6.54 Å². The molecule has 0 aromatic heterocycles. The fourth-order valence-electron chi connectivity index (χ4n) is 4.00. The quantitative estimate of drug-likeness (QED) is 0.777. The maximum atomic E-state index is 10.9. The van der Waals surface area contributed by atoms with E-state index >= 15 is 0 Å². The van der Waals surface area contributed by atoms with E-state index < -0.39 is 0 Å². The Hall–Kier alpha value is -0.0800. The zero-order valence-electron chi connectivity index (χ0n) is 10.5. The van der Waals surface area contributed by atoms with Crippen molar-refractivity contribution in [3.05, 3.63) is 0 Å². The van der Waals surface area contributed by atoms with E-state index in [9.17, 15) is 5.11 Å². The van der Waals surface area contributed by atoms with Crippen LogP contribution >= 0.6 is 0 Å². The molecule has 2 heteroatoms. The summed E-state index contributed by atoms with van der Waals surface area (Å²) in [6.07, 6.45) is 10.3. The molecule has 0 amide bonds. The first-order chi connectivity index (χ1) is 7.69. The molecule has 1 saturated heterocycles. The monoisotopic (exact) mass is 223 g/mol. The van der Waals surface area contributed by atoms with Crippen LogP contribution in [-0.4, -0.2) is 34.2 Å². The summed E-state index contributed by atoms with van der Waals surface area (Å²) < 4.78 is 0. The van der Waals surface area contributed by atoms with E-state index in [1.165, 1.54) is 44.9 Å². The molecule has 2 saturated carbocycles. The Morgan fingerprint density at radius 1 is 1.06 bits per heavy atom. The van der Waals surface area contributed by atoms with Gasteiger partial charge in [-0.15, -0.1) is 0 Å². The second-order valence-corrected chi connectivity index (χ2v) is 6.40. The molecule has 3 aliphatic rings. The molecular formula is C14H25NO. The van der Waals surface area contributed by atoms with Crippen LogP contribution in [0.3, 0.4) is 0 Å². The lowest BCUT2D eigenvalue weighted by Crippen LogP contribution is -2.42. The lowest BCUT2D eigenvalue weighted by atomic mass is 9.76.